The molecule has 0 aliphatic heterocycles. The maximum atomic E-state index is 11.2. The van der Waals surface area contributed by atoms with Gasteiger partial charge in [0.05, 0.1) is 12.3 Å². The van der Waals surface area contributed by atoms with Gasteiger partial charge in [0.25, 0.3) is 0 Å². The monoisotopic (exact) mass is 231 g/mol. The summed E-state index contributed by atoms with van der Waals surface area (Å²) in [6, 6.07) is 9.11. The average Bonchev–Trinajstić information content (AvgIpc) is 2.30. The van der Waals surface area contributed by atoms with Gasteiger partial charge in [-0.15, -0.1) is 0 Å². The Bertz CT molecular complexity index is 475. The van der Waals surface area contributed by atoms with E-state index in [0.717, 1.165) is 5.56 Å². The number of hydrazone groups is 1. The number of nitrogens with one attached hydrogen (secondary N) is 1. The van der Waals surface area contributed by atoms with Gasteiger partial charge < -0.3 is 4.74 Å². The normalized spacial score (nSPS) is 10.5. The molecule has 0 unspecified atom stereocenters. The number of benzene rings is 1. The van der Waals surface area contributed by atoms with Crippen LogP contribution in [-0.2, 0) is 9.53 Å². The van der Waals surface area contributed by atoms with Crippen LogP contribution in [0, 0.1) is 18.3 Å². The van der Waals surface area contributed by atoms with E-state index in [4.69, 9.17) is 5.26 Å². The number of nitrogens with zero attached hydrogens (tertiary/aromatic N) is 2. The minimum atomic E-state index is -0.727. The highest BCUT2D eigenvalue weighted by Gasteiger charge is 2.11. The molecule has 5 heteroatoms. The Kier molecular flexibility index (Phi) is 4.70. The quantitative estimate of drug-likeness (QED) is 0.487. The second kappa shape index (κ2) is 6.28. The van der Waals surface area contributed by atoms with Gasteiger partial charge in [0, 0.05) is 0 Å². The summed E-state index contributed by atoms with van der Waals surface area (Å²) in [5.41, 5.74) is 4.11. The van der Waals surface area contributed by atoms with E-state index in [2.05, 4.69) is 15.3 Å². The number of anilines is 1. The Morgan fingerprint density at radius 2 is 2.35 bits per heavy atom. The van der Waals surface area contributed by atoms with Crippen molar-refractivity contribution >= 4 is 17.4 Å². The van der Waals surface area contributed by atoms with E-state index < -0.39 is 5.97 Å². The van der Waals surface area contributed by atoms with E-state index in [0.29, 0.717) is 5.69 Å². The van der Waals surface area contributed by atoms with Crippen LogP contribution in [0.3, 0.4) is 0 Å². The number of carbonyl (C=O) groups is 1. The first kappa shape index (κ1) is 12.7. The van der Waals surface area contributed by atoms with Gasteiger partial charge in [0.15, 0.2) is 0 Å². The third-order valence-corrected chi connectivity index (χ3v) is 1.89. The predicted molar refractivity (Wildman–Crippen MR) is 64.5 cm³/mol. The molecule has 0 spiro atoms. The van der Waals surface area contributed by atoms with Crippen molar-refractivity contribution in [2.24, 2.45) is 5.10 Å². The summed E-state index contributed by atoms with van der Waals surface area (Å²) in [4.78, 5) is 11.2. The summed E-state index contributed by atoms with van der Waals surface area (Å²) < 4.78 is 4.67. The molecule has 1 aromatic carbocycles. The summed E-state index contributed by atoms with van der Waals surface area (Å²) in [6.07, 6.45) is 0. The highest BCUT2D eigenvalue weighted by Crippen LogP contribution is 2.09. The van der Waals surface area contributed by atoms with E-state index in [9.17, 15) is 4.79 Å². The number of rotatable bonds is 4. The lowest BCUT2D eigenvalue weighted by Gasteiger charge is -2.02. The molecule has 0 aromatic heterocycles. The van der Waals surface area contributed by atoms with Gasteiger partial charge in [-0.2, -0.15) is 10.4 Å². The Hall–Kier alpha value is -2.35. The van der Waals surface area contributed by atoms with Crippen molar-refractivity contribution in [3.05, 3.63) is 29.8 Å². The molecule has 0 fully saturated rings. The first-order chi connectivity index (χ1) is 8.17. The van der Waals surface area contributed by atoms with E-state index in [-0.39, 0.29) is 12.3 Å². The fourth-order valence-electron chi connectivity index (χ4n) is 1.15. The van der Waals surface area contributed by atoms with E-state index in [1.165, 1.54) is 0 Å². The summed E-state index contributed by atoms with van der Waals surface area (Å²) in [6.45, 7) is 3.82. The standard InChI is InChI=1S/C12H13N3O2/c1-3-17-12(16)11(8-13)15-14-10-6-4-5-9(2)7-10/h4-7,14H,3H2,1-2H3/b15-11+. The van der Waals surface area contributed by atoms with Crippen LogP contribution in [0.4, 0.5) is 5.69 Å². The van der Waals surface area contributed by atoms with E-state index >= 15 is 0 Å². The lowest BCUT2D eigenvalue weighted by atomic mass is 10.2. The van der Waals surface area contributed by atoms with E-state index in [1.54, 1.807) is 19.1 Å². The van der Waals surface area contributed by atoms with Crippen molar-refractivity contribution in [2.75, 3.05) is 12.0 Å². The smallest absolute Gasteiger partial charge is 0.369 e. The number of carbonyl (C=O) groups excluding carboxylic acids is 1. The number of aryl methyl sites for hydroxylation is 1. The van der Waals surface area contributed by atoms with Crippen LogP contribution in [0.1, 0.15) is 12.5 Å². The Labute approximate surface area is 99.7 Å². The van der Waals surface area contributed by atoms with Gasteiger partial charge >= 0.3 is 5.97 Å². The van der Waals surface area contributed by atoms with Crippen LogP contribution < -0.4 is 5.43 Å². The minimum Gasteiger partial charge on any atom is -0.461 e. The van der Waals surface area contributed by atoms with Gasteiger partial charge in [-0.1, -0.05) is 12.1 Å². The second-order valence-corrected chi connectivity index (χ2v) is 3.27. The molecular weight excluding hydrogens is 218 g/mol. The van der Waals surface area contributed by atoms with Crippen molar-refractivity contribution < 1.29 is 9.53 Å². The van der Waals surface area contributed by atoms with Crippen molar-refractivity contribution in [2.45, 2.75) is 13.8 Å². The summed E-state index contributed by atoms with van der Waals surface area (Å²) in [5, 5.41) is 12.4. The zero-order valence-electron chi connectivity index (χ0n) is 9.73. The highest BCUT2D eigenvalue weighted by molar-refractivity contribution is 6.43. The largest absolute Gasteiger partial charge is 0.461 e. The highest BCUT2D eigenvalue weighted by atomic mass is 16.5. The summed E-state index contributed by atoms with van der Waals surface area (Å²) in [5.74, 6) is -0.727. The predicted octanol–water partition coefficient (Wildman–Crippen LogP) is 1.85. The lowest BCUT2D eigenvalue weighted by Crippen LogP contribution is -2.17. The third-order valence-electron chi connectivity index (χ3n) is 1.89. The molecule has 1 rings (SSSR count). The Morgan fingerprint density at radius 1 is 1.59 bits per heavy atom. The molecule has 0 radical (unpaired) electrons. The van der Waals surface area contributed by atoms with E-state index in [1.807, 2.05) is 25.1 Å². The summed E-state index contributed by atoms with van der Waals surface area (Å²) in [7, 11) is 0. The molecular formula is C12H13N3O2. The fraction of sp³-hybridized carbons (Fsp3) is 0.250. The van der Waals surface area contributed by atoms with Gasteiger partial charge in [-0.3, -0.25) is 5.43 Å². The minimum absolute atomic E-state index is 0.212. The molecule has 5 nitrogen and oxygen atoms in total. The molecule has 0 aliphatic carbocycles. The number of esters is 1. The van der Waals surface area contributed by atoms with Gasteiger partial charge in [-0.25, -0.2) is 4.79 Å². The van der Waals surface area contributed by atoms with Crippen LogP contribution >= 0.6 is 0 Å². The molecule has 0 heterocycles. The molecule has 0 saturated heterocycles. The topological polar surface area (TPSA) is 74.5 Å². The number of nitriles is 1. The van der Waals surface area contributed by atoms with Crippen molar-refractivity contribution in [3.63, 3.8) is 0 Å². The van der Waals surface area contributed by atoms with Crippen LogP contribution in [0.15, 0.2) is 29.4 Å². The molecule has 0 bridgehead atoms. The second-order valence-electron chi connectivity index (χ2n) is 3.27. The molecule has 1 N–H and O–H groups in total. The van der Waals surface area contributed by atoms with Crippen LogP contribution in [-0.4, -0.2) is 18.3 Å². The van der Waals surface area contributed by atoms with Crippen LogP contribution in [0.25, 0.3) is 0 Å². The average molecular weight is 231 g/mol. The molecule has 0 saturated carbocycles. The Morgan fingerprint density at radius 3 is 2.94 bits per heavy atom. The molecule has 17 heavy (non-hydrogen) atoms. The Balaban J connectivity index is 2.75. The van der Waals surface area contributed by atoms with Gasteiger partial charge in [0.1, 0.15) is 6.07 Å². The van der Waals surface area contributed by atoms with Crippen LogP contribution in [0.5, 0.6) is 0 Å². The molecule has 0 aliphatic rings. The fourth-order valence-corrected chi connectivity index (χ4v) is 1.15. The van der Waals surface area contributed by atoms with Gasteiger partial charge in [0.2, 0.25) is 5.71 Å². The SMILES string of the molecule is CCOC(=O)/C(C#N)=N/Nc1cccc(C)c1. The molecule has 0 amide bonds. The van der Waals surface area contributed by atoms with Crippen molar-refractivity contribution in [3.8, 4) is 6.07 Å². The zero-order chi connectivity index (χ0) is 12.7. The lowest BCUT2D eigenvalue weighted by molar-refractivity contribution is -0.134. The first-order valence-corrected chi connectivity index (χ1v) is 5.15. The third kappa shape index (κ3) is 3.95. The van der Waals surface area contributed by atoms with Crippen LogP contribution in [0.2, 0.25) is 0 Å². The first-order valence-electron chi connectivity index (χ1n) is 5.15. The zero-order valence-corrected chi connectivity index (χ0v) is 9.73. The molecule has 0 atom stereocenters. The molecule has 1 aromatic rings. The molecule has 88 valence electrons. The van der Waals surface area contributed by atoms with Gasteiger partial charge in [-0.05, 0) is 31.5 Å². The number of hydrogen-bond donors (Lipinski definition) is 1. The number of hydrogen-bond acceptors (Lipinski definition) is 5. The van der Waals surface area contributed by atoms with Crippen molar-refractivity contribution in [1.29, 1.82) is 5.26 Å². The number of ether oxygens (including phenoxy) is 1. The maximum absolute atomic E-state index is 11.2. The summed E-state index contributed by atoms with van der Waals surface area (Å²) >= 11 is 0. The maximum Gasteiger partial charge on any atom is 0.369 e. The van der Waals surface area contributed by atoms with Crippen molar-refractivity contribution in [1.82, 2.24) is 0 Å².